The minimum Gasteiger partial charge on any atom is -0.554 e. The molecule has 0 aromatic rings. The van der Waals surface area contributed by atoms with Crippen molar-refractivity contribution in [3.05, 3.63) is 0 Å². The van der Waals surface area contributed by atoms with E-state index in [9.17, 15) is 0 Å². The van der Waals surface area contributed by atoms with Crippen LogP contribution in [-0.2, 0) is 4.79 Å². The molecule has 0 rings (SSSR count). The lowest BCUT2D eigenvalue weighted by molar-refractivity contribution is -0.664. The third-order valence-corrected chi connectivity index (χ3v) is 1.28. The minimum atomic E-state index is -0.500. The van der Waals surface area contributed by atoms with E-state index < -0.39 is 6.47 Å². The Morgan fingerprint density at radius 2 is 1.42 bits per heavy atom. The molecule has 0 aromatic heterocycles. The highest BCUT2D eigenvalue weighted by molar-refractivity contribution is 5.29. The zero-order valence-corrected chi connectivity index (χ0v) is 8.54. The molecule has 0 aliphatic rings. The maximum Gasteiger partial charge on any atom is 0.0778 e. The lowest BCUT2D eigenvalue weighted by Gasteiger charge is -2.05. The monoisotopic (exact) mass is 175 g/mol. The molecule has 0 aromatic carbocycles. The topological polar surface area (TPSA) is 56.7 Å². The zero-order chi connectivity index (χ0) is 9.98. The number of carboxylic acid groups (broad SMARTS) is 1. The predicted molar refractivity (Wildman–Crippen MR) is 47.4 cm³/mol. The van der Waals surface area contributed by atoms with E-state index >= 15 is 0 Å². The van der Waals surface area contributed by atoms with Crippen molar-refractivity contribution in [1.82, 2.24) is 0 Å². The van der Waals surface area contributed by atoms with Gasteiger partial charge in [-0.2, -0.15) is 0 Å². The Balaban J connectivity index is 0. The summed E-state index contributed by atoms with van der Waals surface area (Å²) in [6, 6.07) is 0. The van der Waals surface area contributed by atoms with E-state index in [0.29, 0.717) is 0 Å². The van der Waals surface area contributed by atoms with E-state index in [2.05, 4.69) is 33.0 Å². The average Bonchev–Trinajstić information content (AvgIpc) is 1.87. The van der Waals surface area contributed by atoms with Crippen LogP contribution >= 0.6 is 0 Å². The summed E-state index contributed by atoms with van der Waals surface area (Å²) >= 11 is 0. The molecule has 74 valence electrons. The Morgan fingerprint density at radius 1 is 1.17 bits per heavy atom. The molecular formula is C9H21NO2. The zero-order valence-electron chi connectivity index (χ0n) is 8.54. The maximum absolute atomic E-state index is 8.25. The summed E-state index contributed by atoms with van der Waals surface area (Å²) in [6.45, 7) is 11.1. The molecule has 0 heterocycles. The van der Waals surface area contributed by atoms with Gasteiger partial charge in [0.25, 0.3) is 0 Å². The van der Waals surface area contributed by atoms with Crippen molar-refractivity contribution >= 4 is 6.47 Å². The standard InChI is InChI=1S/C8H19N.CH2O2/c1-7(2)5-9-6-8(3)4;2-1-3/h7-9H,5-6H2,1-4H3;1H,(H,2,3). The van der Waals surface area contributed by atoms with E-state index in [1.807, 2.05) is 0 Å². The van der Waals surface area contributed by atoms with Gasteiger partial charge in [0.1, 0.15) is 0 Å². The number of hydrogen-bond donors (Lipinski definition) is 1. The summed E-state index contributed by atoms with van der Waals surface area (Å²) in [5, 5.41) is 10.6. The number of hydrogen-bond acceptors (Lipinski definition) is 2. The minimum absolute atomic E-state index is 0.500. The van der Waals surface area contributed by atoms with Crippen molar-refractivity contribution in [3.63, 3.8) is 0 Å². The van der Waals surface area contributed by atoms with E-state index in [1.54, 1.807) is 0 Å². The molecule has 0 unspecified atom stereocenters. The Hall–Kier alpha value is -0.570. The van der Waals surface area contributed by atoms with E-state index in [4.69, 9.17) is 9.90 Å². The van der Waals surface area contributed by atoms with Gasteiger partial charge in [-0.1, -0.05) is 27.7 Å². The molecule has 0 aliphatic carbocycles. The molecule has 2 N–H and O–H groups in total. The Morgan fingerprint density at radius 3 is 1.58 bits per heavy atom. The SMILES string of the molecule is CC(C)C[NH2+]CC(C)C.O=C[O-]. The van der Waals surface area contributed by atoms with Crippen LogP contribution in [0, 0.1) is 11.8 Å². The number of carbonyl (C=O) groups is 1. The Labute approximate surface area is 75.2 Å². The van der Waals surface area contributed by atoms with Gasteiger partial charge in [-0.15, -0.1) is 0 Å². The molecule has 0 fully saturated rings. The highest BCUT2D eigenvalue weighted by Crippen LogP contribution is 1.84. The fraction of sp³-hybridized carbons (Fsp3) is 0.889. The summed E-state index contributed by atoms with van der Waals surface area (Å²) in [4.78, 5) is 8.25. The summed E-state index contributed by atoms with van der Waals surface area (Å²) < 4.78 is 0. The summed E-state index contributed by atoms with van der Waals surface area (Å²) in [5.41, 5.74) is 0. The number of nitrogens with two attached hydrogens (primary N) is 1. The van der Waals surface area contributed by atoms with Crippen molar-refractivity contribution in [2.75, 3.05) is 13.1 Å². The second-order valence-corrected chi connectivity index (χ2v) is 3.64. The van der Waals surface area contributed by atoms with E-state index in [0.717, 1.165) is 11.8 Å². The van der Waals surface area contributed by atoms with Crippen molar-refractivity contribution < 1.29 is 15.2 Å². The first-order valence-corrected chi connectivity index (χ1v) is 4.41. The highest BCUT2D eigenvalue weighted by atomic mass is 16.3. The summed E-state index contributed by atoms with van der Waals surface area (Å²) in [6.07, 6.45) is 0. The first-order chi connectivity index (χ1) is 5.54. The van der Waals surface area contributed by atoms with Crippen LogP contribution in [-0.4, -0.2) is 19.6 Å². The molecule has 0 radical (unpaired) electrons. The van der Waals surface area contributed by atoms with Crippen LogP contribution in [0.25, 0.3) is 0 Å². The van der Waals surface area contributed by atoms with Crippen molar-refractivity contribution in [2.24, 2.45) is 11.8 Å². The first-order valence-electron chi connectivity index (χ1n) is 4.41. The number of quaternary nitrogens is 1. The molecule has 12 heavy (non-hydrogen) atoms. The first kappa shape index (κ1) is 14.0. The largest absolute Gasteiger partial charge is 0.554 e. The van der Waals surface area contributed by atoms with Gasteiger partial charge >= 0.3 is 0 Å². The second kappa shape index (κ2) is 10.4. The molecule has 0 atom stereocenters. The van der Waals surface area contributed by atoms with Gasteiger partial charge < -0.3 is 15.2 Å². The lowest BCUT2D eigenvalue weighted by atomic mass is 10.2. The van der Waals surface area contributed by atoms with Crippen LogP contribution in [0.3, 0.4) is 0 Å². The van der Waals surface area contributed by atoms with Gasteiger partial charge in [-0.05, 0) is 0 Å². The molecule has 0 amide bonds. The third kappa shape index (κ3) is 22.7. The van der Waals surface area contributed by atoms with Gasteiger partial charge in [0.15, 0.2) is 0 Å². The Bertz CT molecular complexity index is 84.5. The summed E-state index contributed by atoms with van der Waals surface area (Å²) in [5.74, 6) is 1.67. The fourth-order valence-electron chi connectivity index (χ4n) is 0.763. The van der Waals surface area contributed by atoms with Crippen LogP contribution in [0.2, 0.25) is 0 Å². The molecule has 0 aliphatic heterocycles. The van der Waals surface area contributed by atoms with Crippen LogP contribution in [0.4, 0.5) is 0 Å². The summed E-state index contributed by atoms with van der Waals surface area (Å²) in [7, 11) is 0. The molecule has 0 bridgehead atoms. The van der Waals surface area contributed by atoms with E-state index in [-0.39, 0.29) is 0 Å². The van der Waals surface area contributed by atoms with Crippen molar-refractivity contribution in [3.8, 4) is 0 Å². The molecule has 0 saturated heterocycles. The predicted octanol–water partition coefficient (Wildman–Crippen LogP) is -0.772. The smallest absolute Gasteiger partial charge is 0.0778 e. The van der Waals surface area contributed by atoms with E-state index in [1.165, 1.54) is 13.1 Å². The Kier molecular flexibility index (Phi) is 12.2. The van der Waals surface area contributed by atoms with Crippen LogP contribution in [0.5, 0.6) is 0 Å². The highest BCUT2D eigenvalue weighted by Gasteiger charge is 1.97. The van der Waals surface area contributed by atoms with Gasteiger partial charge in [0.2, 0.25) is 0 Å². The third-order valence-electron chi connectivity index (χ3n) is 1.28. The van der Waals surface area contributed by atoms with Crippen LogP contribution in [0.15, 0.2) is 0 Å². The van der Waals surface area contributed by atoms with Gasteiger partial charge in [0.05, 0.1) is 13.1 Å². The normalized spacial score (nSPS) is 9.50. The van der Waals surface area contributed by atoms with Crippen LogP contribution in [0.1, 0.15) is 27.7 Å². The molecule has 3 nitrogen and oxygen atoms in total. The molecular weight excluding hydrogens is 154 g/mol. The van der Waals surface area contributed by atoms with Crippen molar-refractivity contribution in [1.29, 1.82) is 0 Å². The molecule has 3 heteroatoms. The molecule has 0 spiro atoms. The van der Waals surface area contributed by atoms with Gasteiger partial charge in [-0.25, -0.2) is 0 Å². The molecule has 0 saturated carbocycles. The fourth-order valence-corrected chi connectivity index (χ4v) is 0.763. The van der Waals surface area contributed by atoms with Crippen LogP contribution < -0.4 is 10.4 Å². The maximum atomic E-state index is 8.25. The number of carbonyl (C=O) groups excluding carboxylic acids is 1. The quantitative estimate of drug-likeness (QED) is 0.570. The van der Waals surface area contributed by atoms with Gasteiger partial charge in [0, 0.05) is 18.3 Å². The number of rotatable bonds is 4. The lowest BCUT2D eigenvalue weighted by Crippen LogP contribution is -2.86. The van der Waals surface area contributed by atoms with Gasteiger partial charge in [-0.3, -0.25) is 0 Å². The second-order valence-electron chi connectivity index (χ2n) is 3.64. The van der Waals surface area contributed by atoms with Crippen molar-refractivity contribution in [2.45, 2.75) is 27.7 Å². The average molecular weight is 175 g/mol.